The molecule has 0 aliphatic rings. The van der Waals surface area contributed by atoms with E-state index in [9.17, 15) is 9.59 Å². The number of para-hydroxylation sites is 1. The van der Waals surface area contributed by atoms with E-state index in [1.807, 2.05) is 32.9 Å². The van der Waals surface area contributed by atoms with E-state index in [1.165, 1.54) is 6.08 Å². The van der Waals surface area contributed by atoms with Crippen molar-refractivity contribution in [2.24, 2.45) is 11.7 Å². The van der Waals surface area contributed by atoms with Crippen molar-refractivity contribution >= 4 is 17.8 Å². The molecule has 0 bridgehead atoms. The van der Waals surface area contributed by atoms with Gasteiger partial charge in [0.25, 0.3) is 0 Å². The number of aryl methyl sites for hydroxylation is 1. The lowest BCUT2D eigenvalue weighted by Gasteiger charge is -2.09. The Kier molecular flexibility index (Phi) is 5.45. The SMILES string of the molecule is Cc1cccc(/C=C\C(=O)C(C)C)c1OC(=O)CN. The number of hydrogen-bond donors (Lipinski definition) is 1. The standard InChI is InChI=1S/C15H19NO3/c1-10(2)13(17)8-7-12-6-4-5-11(3)15(12)19-14(18)9-16/h4-8,10H,9,16H2,1-3H3/b8-7-. The Balaban J connectivity index is 3.04. The maximum Gasteiger partial charge on any atom is 0.325 e. The summed E-state index contributed by atoms with van der Waals surface area (Å²) in [6.45, 7) is 5.32. The minimum absolute atomic E-state index is 0.0256. The van der Waals surface area contributed by atoms with Crippen molar-refractivity contribution in [1.82, 2.24) is 0 Å². The van der Waals surface area contributed by atoms with Gasteiger partial charge in [-0.1, -0.05) is 32.0 Å². The second-order valence-corrected chi connectivity index (χ2v) is 4.56. The highest BCUT2D eigenvalue weighted by atomic mass is 16.5. The molecule has 4 nitrogen and oxygen atoms in total. The van der Waals surface area contributed by atoms with E-state index >= 15 is 0 Å². The number of carbonyl (C=O) groups is 2. The van der Waals surface area contributed by atoms with E-state index in [4.69, 9.17) is 10.5 Å². The van der Waals surface area contributed by atoms with Crippen molar-refractivity contribution in [3.63, 3.8) is 0 Å². The summed E-state index contributed by atoms with van der Waals surface area (Å²) >= 11 is 0. The molecule has 0 amide bonds. The van der Waals surface area contributed by atoms with Crippen LogP contribution in [-0.4, -0.2) is 18.3 Å². The van der Waals surface area contributed by atoms with Crippen LogP contribution in [0.4, 0.5) is 0 Å². The van der Waals surface area contributed by atoms with Gasteiger partial charge in [-0.25, -0.2) is 0 Å². The fourth-order valence-corrected chi connectivity index (χ4v) is 1.47. The number of ketones is 1. The zero-order valence-electron chi connectivity index (χ0n) is 11.5. The predicted octanol–water partition coefficient (Wildman–Crippen LogP) is 2.10. The summed E-state index contributed by atoms with van der Waals surface area (Å²) in [4.78, 5) is 22.9. The van der Waals surface area contributed by atoms with Gasteiger partial charge in [-0.3, -0.25) is 9.59 Å². The molecule has 4 heteroatoms. The number of allylic oxidation sites excluding steroid dienone is 1. The van der Waals surface area contributed by atoms with Crippen LogP contribution >= 0.6 is 0 Å². The molecule has 1 rings (SSSR count). The van der Waals surface area contributed by atoms with Crippen LogP contribution in [0.25, 0.3) is 6.08 Å². The topological polar surface area (TPSA) is 69.4 Å². The number of nitrogens with two attached hydrogens (primary N) is 1. The highest BCUT2D eigenvalue weighted by Gasteiger charge is 2.10. The van der Waals surface area contributed by atoms with Gasteiger partial charge in [-0.05, 0) is 24.6 Å². The van der Waals surface area contributed by atoms with Crippen molar-refractivity contribution in [1.29, 1.82) is 0 Å². The van der Waals surface area contributed by atoms with Gasteiger partial charge in [-0.2, -0.15) is 0 Å². The molecular weight excluding hydrogens is 242 g/mol. The molecular formula is C15H19NO3. The molecule has 0 radical (unpaired) electrons. The summed E-state index contributed by atoms with van der Waals surface area (Å²) < 4.78 is 5.19. The lowest BCUT2D eigenvalue weighted by Crippen LogP contribution is -2.20. The Bertz CT molecular complexity index is 504. The van der Waals surface area contributed by atoms with Crippen LogP contribution in [0.5, 0.6) is 5.75 Å². The van der Waals surface area contributed by atoms with Crippen molar-refractivity contribution < 1.29 is 14.3 Å². The first-order valence-corrected chi connectivity index (χ1v) is 6.18. The van der Waals surface area contributed by atoms with E-state index < -0.39 is 5.97 Å². The monoisotopic (exact) mass is 261 g/mol. The van der Waals surface area contributed by atoms with Crippen LogP contribution in [-0.2, 0) is 9.59 Å². The average molecular weight is 261 g/mol. The number of carbonyl (C=O) groups excluding carboxylic acids is 2. The number of esters is 1. The zero-order valence-corrected chi connectivity index (χ0v) is 11.5. The van der Waals surface area contributed by atoms with Gasteiger partial charge >= 0.3 is 5.97 Å². The number of rotatable bonds is 5. The maximum atomic E-state index is 11.6. The highest BCUT2D eigenvalue weighted by Crippen LogP contribution is 2.25. The molecule has 0 heterocycles. The molecule has 1 aromatic rings. The first-order valence-electron chi connectivity index (χ1n) is 6.18. The van der Waals surface area contributed by atoms with Gasteiger partial charge < -0.3 is 10.5 Å². The fraction of sp³-hybridized carbons (Fsp3) is 0.333. The molecule has 1 aromatic carbocycles. The summed E-state index contributed by atoms with van der Waals surface area (Å²) in [5, 5.41) is 0. The summed E-state index contributed by atoms with van der Waals surface area (Å²) in [5.74, 6) is -0.0846. The van der Waals surface area contributed by atoms with Crippen LogP contribution < -0.4 is 10.5 Å². The van der Waals surface area contributed by atoms with Gasteiger partial charge in [0.15, 0.2) is 5.78 Å². The van der Waals surface area contributed by atoms with Crippen molar-refractivity contribution in [3.05, 3.63) is 35.4 Å². The number of benzene rings is 1. The molecule has 0 spiro atoms. The van der Waals surface area contributed by atoms with E-state index in [-0.39, 0.29) is 18.2 Å². The fourth-order valence-electron chi connectivity index (χ4n) is 1.47. The number of ether oxygens (including phenoxy) is 1. The lowest BCUT2D eigenvalue weighted by atomic mass is 10.1. The van der Waals surface area contributed by atoms with E-state index in [0.717, 1.165) is 5.56 Å². The molecule has 0 saturated carbocycles. The van der Waals surface area contributed by atoms with Gasteiger partial charge in [-0.15, -0.1) is 0 Å². The molecule has 0 saturated heterocycles. The molecule has 0 aliphatic carbocycles. The normalized spacial score (nSPS) is 11.0. The van der Waals surface area contributed by atoms with Crippen LogP contribution in [0.15, 0.2) is 24.3 Å². The molecule has 0 aliphatic heterocycles. The second kappa shape index (κ2) is 6.85. The van der Waals surface area contributed by atoms with Crippen LogP contribution in [0.2, 0.25) is 0 Å². The second-order valence-electron chi connectivity index (χ2n) is 4.56. The van der Waals surface area contributed by atoms with Crippen LogP contribution in [0.1, 0.15) is 25.0 Å². The molecule has 2 N–H and O–H groups in total. The van der Waals surface area contributed by atoms with Crippen molar-refractivity contribution in [2.45, 2.75) is 20.8 Å². The van der Waals surface area contributed by atoms with E-state index in [1.54, 1.807) is 12.1 Å². The summed E-state index contributed by atoms with van der Waals surface area (Å²) in [7, 11) is 0. The quantitative estimate of drug-likeness (QED) is 0.500. The molecule has 0 atom stereocenters. The molecule has 0 aromatic heterocycles. The summed E-state index contributed by atoms with van der Waals surface area (Å²) in [6, 6.07) is 5.46. The van der Waals surface area contributed by atoms with Crippen LogP contribution in [0.3, 0.4) is 0 Å². The van der Waals surface area contributed by atoms with Crippen LogP contribution in [0, 0.1) is 12.8 Å². The third-order valence-corrected chi connectivity index (χ3v) is 2.62. The van der Waals surface area contributed by atoms with Gasteiger partial charge in [0.1, 0.15) is 5.75 Å². The third-order valence-electron chi connectivity index (χ3n) is 2.62. The minimum atomic E-state index is -0.501. The van der Waals surface area contributed by atoms with Gasteiger partial charge in [0, 0.05) is 11.5 Å². The smallest absolute Gasteiger partial charge is 0.325 e. The molecule has 19 heavy (non-hydrogen) atoms. The highest BCUT2D eigenvalue weighted by molar-refractivity contribution is 5.95. The summed E-state index contributed by atoms with van der Waals surface area (Å²) in [5.41, 5.74) is 6.75. The zero-order chi connectivity index (χ0) is 14.4. The average Bonchev–Trinajstić information content (AvgIpc) is 2.38. The minimum Gasteiger partial charge on any atom is -0.425 e. The van der Waals surface area contributed by atoms with E-state index in [0.29, 0.717) is 11.3 Å². The number of hydrogen-bond acceptors (Lipinski definition) is 4. The Labute approximate surface area is 113 Å². The Hall–Kier alpha value is -1.94. The first-order chi connectivity index (χ1) is 8.95. The van der Waals surface area contributed by atoms with Gasteiger partial charge in [0.05, 0.1) is 6.54 Å². The van der Waals surface area contributed by atoms with Crippen molar-refractivity contribution in [3.8, 4) is 5.75 Å². The lowest BCUT2D eigenvalue weighted by molar-refractivity contribution is -0.132. The molecule has 0 fully saturated rings. The third kappa shape index (κ3) is 4.34. The molecule has 102 valence electrons. The first kappa shape index (κ1) is 15.1. The Morgan fingerprint density at radius 2 is 2.05 bits per heavy atom. The Morgan fingerprint density at radius 3 is 2.63 bits per heavy atom. The van der Waals surface area contributed by atoms with Gasteiger partial charge in [0.2, 0.25) is 0 Å². The van der Waals surface area contributed by atoms with Crippen molar-refractivity contribution in [2.75, 3.05) is 6.54 Å². The Morgan fingerprint density at radius 1 is 1.37 bits per heavy atom. The van der Waals surface area contributed by atoms with E-state index in [2.05, 4.69) is 0 Å². The molecule has 0 unspecified atom stereocenters. The maximum absolute atomic E-state index is 11.6. The largest absolute Gasteiger partial charge is 0.425 e. The summed E-state index contributed by atoms with van der Waals surface area (Å²) in [6.07, 6.45) is 3.16. The predicted molar refractivity (Wildman–Crippen MR) is 74.7 cm³/mol.